The zero-order chi connectivity index (χ0) is 21.0. The van der Waals surface area contributed by atoms with Crippen LogP contribution in [0.3, 0.4) is 0 Å². The highest BCUT2D eigenvalue weighted by Gasteiger charge is 2.36. The summed E-state index contributed by atoms with van der Waals surface area (Å²) in [4.78, 5) is 38.7. The van der Waals surface area contributed by atoms with Crippen LogP contribution in [0.1, 0.15) is 53.0 Å². The Labute approximate surface area is 170 Å². The molecular formula is C23H24N2O4. The maximum Gasteiger partial charge on any atom is 0.338 e. The summed E-state index contributed by atoms with van der Waals surface area (Å²) in [7, 11) is 0. The van der Waals surface area contributed by atoms with Gasteiger partial charge in [0, 0.05) is 22.5 Å². The van der Waals surface area contributed by atoms with Gasteiger partial charge in [0.25, 0.3) is 5.91 Å². The lowest BCUT2D eigenvalue weighted by atomic mass is 10.1. The third-order valence-corrected chi connectivity index (χ3v) is 4.86. The van der Waals surface area contributed by atoms with Gasteiger partial charge in [0.05, 0.1) is 12.2 Å². The second-order valence-electron chi connectivity index (χ2n) is 6.90. The fourth-order valence-electron chi connectivity index (χ4n) is 3.16. The van der Waals surface area contributed by atoms with Crippen LogP contribution < -0.4 is 5.32 Å². The molecular weight excluding hydrogens is 368 g/mol. The second-order valence-corrected chi connectivity index (χ2v) is 6.90. The summed E-state index contributed by atoms with van der Waals surface area (Å²) in [5.74, 6) is -0.967. The number of rotatable bonds is 7. The Hall–Kier alpha value is -3.41. The molecule has 1 heterocycles. The Morgan fingerprint density at radius 3 is 2.38 bits per heavy atom. The lowest BCUT2D eigenvalue weighted by Gasteiger charge is -2.24. The Kier molecular flexibility index (Phi) is 6.12. The molecule has 1 atom stereocenters. The molecule has 1 aliphatic heterocycles. The lowest BCUT2D eigenvalue weighted by Crippen LogP contribution is -2.41. The average Bonchev–Trinajstić information content (AvgIpc) is 2.98. The van der Waals surface area contributed by atoms with Crippen molar-refractivity contribution in [2.45, 2.75) is 32.7 Å². The zero-order valence-electron chi connectivity index (χ0n) is 16.6. The second kappa shape index (κ2) is 8.73. The highest BCUT2D eigenvalue weighted by Crippen LogP contribution is 2.33. The van der Waals surface area contributed by atoms with E-state index in [1.807, 2.05) is 19.1 Å². The third-order valence-electron chi connectivity index (χ3n) is 4.86. The number of fused-ring (bicyclic) bond motifs is 1. The molecule has 2 aromatic carbocycles. The molecule has 0 saturated heterocycles. The summed E-state index contributed by atoms with van der Waals surface area (Å²) in [5, 5.41) is 2.78. The summed E-state index contributed by atoms with van der Waals surface area (Å²) in [6.07, 6.45) is 1.77. The fourth-order valence-corrected chi connectivity index (χ4v) is 3.16. The van der Waals surface area contributed by atoms with Gasteiger partial charge in [-0.05, 0) is 43.7 Å². The maximum absolute atomic E-state index is 12.7. The number of carbonyl (C=O) groups is 3. The molecule has 1 N–H and O–H groups in total. The van der Waals surface area contributed by atoms with Crippen LogP contribution in [0.15, 0.2) is 55.1 Å². The lowest BCUT2D eigenvalue weighted by molar-refractivity contribution is -0.119. The van der Waals surface area contributed by atoms with Gasteiger partial charge < -0.3 is 10.1 Å². The van der Waals surface area contributed by atoms with E-state index in [0.29, 0.717) is 29.1 Å². The Morgan fingerprint density at radius 1 is 1.10 bits per heavy atom. The highest BCUT2D eigenvalue weighted by atomic mass is 16.5. The topological polar surface area (TPSA) is 75.7 Å². The molecule has 2 aromatic rings. The molecule has 0 fully saturated rings. The molecule has 0 aromatic heterocycles. The van der Waals surface area contributed by atoms with Crippen LogP contribution in [-0.4, -0.2) is 35.3 Å². The highest BCUT2D eigenvalue weighted by molar-refractivity contribution is 6.11. The van der Waals surface area contributed by atoms with Gasteiger partial charge in [-0.2, -0.15) is 0 Å². The van der Waals surface area contributed by atoms with E-state index < -0.39 is 6.04 Å². The Morgan fingerprint density at radius 2 is 1.76 bits per heavy atom. The predicted octanol–water partition coefficient (Wildman–Crippen LogP) is 4.10. The average molecular weight is 392 g/mol. The molecule has 0 radical (unpaired) electrons. The molecule has 29 heavy (non-hydrogen) atoms. The van der Waals surface area contributed by atoms with Crippen molar-refractivity contribution < 1.29 is 19.1 Å². The van der Waals surface area contributed by atoms with Gasteiger partial charge in [0.15, 0.2) is 0 Å². The summed E-state index contributed by atoms with van der Waals surface area (Å²) < 4.78 is 5.17. The molecule has 2 amide bonds. The van der Waals surface area contributed by atoms with Gasteiger partial charge in [0.1, 0.15) is 6.04 Å². The summed E-state index contributed by atoms with van der Waals surface area (Å²) in [5.41, 5.74) is 2.75. The minimum Gasteiger partial charge on any atom is -0.462 e. The molecule has 0 saturated carbocycles. The van der Waals surface area contributed by atoms with Crippen LogP contribution in [0, 0.1) is 0 Å². The number of nitrogens with zero attached hydrogens (tertiary/aromatic N) is 1. The minimum atomic E-state index is -0.735. The van der Waals surface area contributed by atoms with Crippen LogP contribution in [0.4, 0.5) is 5.69 Å². The molecule has 0 spiro atoms. The standard InChI is InChI=1S/C23H24N2O4/c1-4-5-14-29-23(28)17-10-12-18(13-11-17)24-21(26)16(3)25-15(2)19-8-6-7-9-20(19)22(25)27/h6-13,16H,2,4-5,14H2,1,3H3,(H,24,26). The number of hydrogen-bond donors (Lipinski definition) is 1. The van der Waals surface area contributed by atoms with Gasteiger partial charge in [-0.15, -0.1) is 0 Å². The van der Waals surface area contributed by atoms with Gasteiger partial charge in [-0.25, -0.2) is 4.79 Å². The Balaban J connectivity index is 1.64. The van der Waals surface area contributed by atoms with E-state index in [2.05, 4.69) is 11.9 Å². The van der Waals surface area contributed by atoms with Crippen molar-refractivity contribution >= 4 is 29.2 Å². The van der Waals surface area contributed by atoms with Crippen molar-refractivity contribution in [1.82, 2.24) is 4.90 Å². The molecule has 1 unspecified atom stereocenters. The van der Waals surface area contributed by atoms with Crippen LogP contribution in [0.2, 0.25) is 0 Å². The van der Waals surface area contributed by atoms with Crippen molar-refractivity contribution in [3.8, 4) is 0 Å². The van der Waals surface area contributed by atoms with E-state index in [0.717, 1.165) is 18.4 Å². The molecule has 1 aliphatic rings. The number of amides is 2. The first kappa shape index (κ1) is 20.3. The largest absolute Gasteiger partial charge is 0.462 e. The normalized spacial score (nSPS) is 13.8. The quantitative estimate of drug-likeness (QED) is 0.569. The first-order valence-electron chi connectivity index (χ1n) is 9.64. The number of esters is 1. The van der Waals surface area contributed by atoms with Crippen molar-refractivity contribution in [2.75, 3.05) is 11.9 Å². The maximum atomic E-state index is 12.7. The van der Waals surface area contributed by atoms with Crippen LogP contribution >= 0.6 is 0 Å². The molecule has 6 nitrogen and oxygen atoms in total. The van der Waals surface area contributed by atoms with E-state index in [1.54, 1.807) is 43.3 Å². The van der Waals surface area contributed by atoms with E-state index in [-0.39, 0.29) is 17.8 Å². The SMILES string of the molecule is C=C1c2ccccc2C(=O)N1C(C)C(=O)Nc1ccc(C(=O)OCCCC)cc1. The monoisotopic (exact) mass is 392 g/mol. The van der Waals surface area contributed by atoms with Crippen molar-refractivity contribution in [2.24, 2.45) is 0 Å². The molecule has 3 rings (SSSR count). The zero-order valence-corrected chi connectivity index (χ0v) is 16.6. The van der Waals surface area contributed by atoms with Crippen molar-refractivity contribution in [3.63, 3.8) is 0 Å². The van der Waals surface area contributed by atoms with E-state index in [9.17, 15) is 14.4 Å². The van der Waals surface area contributed by atoms with E-state index in [1.165, 1.54) is 4.90 Å². The molecule has 6 heteroatoms. The number of nitrogens with one attached hydrogen (secondary N) is 1. The van der Waals surface area contributed by atoms with E-state index >= 15 is 0 Å². The summed E-state index contributed by atoms with van der Waals surface area (Å²) >= 11 is 0. The predicted molar refractivity (Wildman–Crippen MR) is 111 cm³/mol. The van der Waals surface area contributed by atoms with Crippen molar-refractivity contribution in [1.29, 1.82) is 0 Å². The number of ether oxygens (including phenoxy) is 1. The van der Waals surface area contributed by atoms with Gasteiger partial charge in [-0.3, -0.25) is 14.5 Å². The van der Waals surface area contributed by atoms with Crippen LogP contribution in [-0.2, 0) is 9.53 Å². The minimum absolute atomic E-state index is 0.238. The fraction of sp³-hybridized carbons (Fsp3) is 0.261. The molecule has 150 valence electrons. The number of benzene rings is 2. The van der Waals surface area contributed by atoms with Gasteiger partial charge in [0.2, 0.25) is 5.91 Å². The van der Waals surface area contributed by atoms with Crippen LogP contribution in [0.5, 0.6) is 0 Å². The van der Waals surface area contributed by atoms with Crippen LogP contribution in [0.25, 0.3) is 5.70 Å². The van der Waals surface area contributed by atoms with Gasteiger partial charge >= 0.3 is 5.97 Å². The first-order valence-corrected chi connectivity index (χ1v) is 9.64. The third kappa shape index (κ3) is 4.21. The molecule has 0 aliphatic carbocycles. The van der Waals surface area contributed by atoms with Gasteiger partial charge in [-0.1, -0.05) is 38.1 Å². The Bertz CT molecular complexity index is 915. The number of carbonyl (C=O) groups excluding carboxylic acids is 3. The van der Waals surface area contributed by atoms with Crippen molar-refractivity contribution in [3.05, 3.63) is 71.8 Å². The smallest absolute Gasteiger partial charge is 0.338 e. The number of hydrogen-bond acceptors (Lipinski definition) is 4. The summed E-state index contributed by atoms with van der Waals surface area (Å²) in [6.45, 7) is 8.04. The summed E-state index contributed by atoms with van der Waals surface area (Å²) in [6, 6.07) is 12.9. The number of anilines is 1. The first-order chi connectivity index (χ1) is 13.9. The number of unbranched alkanes of at least 4 members (excludes halogenated alkanes) is 1. The molecule has 0 bridgehead atoms. The van der Waals surface area contributed by atoms with E-state index in [4.69, 9.17) is 4.74 Å².